The van der Waals surface area contributed by atoms with E-state index in [4.69, 9.17) is 14.2 Å². The molecular formula is C29H29N3O5. The van der Waals surface area contributed by atoms with Crippen molar-refractivity contribution in [2.24, 2.45) is 5.92 Å². The fraction of sp³-hybridized carbons (Fsp3) is 0.276. The molecular weight excluding hydrogens is 470 g/mol. The Morgan fingerprint density at radius 3 is 2.32 bits per heavy atom. The molecule has 5 rings (SSSR count). The van der Waals surface area contributed by atoms with Crippen molar-refractivity contribution in [3.05, 3.63) is 78.1 Å². The maximum Gasteiger partial charge on any atom is 0.337 e. The van der Waals surface area contributed by atoms with Crippen LogP contribution < -0.4 is 14.8 Å². The third-order valence-electron chi connectivity index (χ3n) is 6.35. The highest BCUT2D eigenvalue weighted by Gasteiger charge is 2.29. The van der Waals surface area contributed by atoms with Crippen molar-refractivity contribution in [2.75, 3.05) is 26.9 Å². The normalized spacial score (nSPS) is 12.8. The molecule has 0 atom stereocenters. The van der Waals surface area contributed by atoms with Crippen LogP contribution in [0.15, 0.2) is 67.0 Å². The minimum absolute atomic E-state index is 0.158. The van der Waals surface area contributed by atoms with Gasteiger partial charge in [-0.2, -0.15) is 0 Å². The summed E-state index contributed by atoms with van der Waals surface area (Å²) in [7, 11) is 1.37. The summed E-state index contributed by atoms with van der Waals surface area (Å²) in [4.78, 5) is 31.1. The quantitative estimate of drug-likeness (QED) is 0.232. The number of amides is 1. The van der Waals surface area contributed by atoms with Gasteiger partial charge in [0.05, 0.1) is 18.9 Å². The van der Waals surface area contributed by atoms with Crippen LogP contribution in [0.4, 0.5) is 0 Å². The van der Waals surface area contributed by atoms with Crippen molar-refractivity contribution in [3.8, 4) is 22.6 Å². The predicted molar refractivity (Wildman–Crippen MR) is 140 cm³/mol. The summed E-state index contributed by atoms with van der Waals surface area (Å²) in [5.74, 6) is 1.44. The van der Waals surface area contributed by atoms with Gasteiger partial charge in [-0.1, -0.05) is 24.3 Å². The third kappa shape index (κ3) is 6.09. The molecule has 190 valence electrons. The van der Waals surface area contributed by atoms with Crippen LogP contribution in [0.1, 0.15) is 28.8 Å². The zero-order chi connectivity index (χ0) is 25.6. The number of nitrogens with one attached hydrogen (secondary N) is 2. The lowest BCUT2D eigenvalue weighted by atomic mass is 10.0. The van der Waals surface area contributed by atoms with Gasteiger partial charge in [0.2, 0.25) is 5.91 Å². The number of rotatable bonds is 11. The van der Waals surface area contributed by atoms with Crippen LogP contribution in [0.5, 0.6) is 11.5 Å². The monoisotopic (exact) mass is 499 g/mol. The first-order chi connectivity index (χ1) is 18.1. The van der Waals surface area contributed by atoms with E-state index in [1.165, 1.54) is 7.11 Å². The highest BCUT2D eigenvalue weighted by molar-refractivity contribution is 5.90. The van der Waals surface area contributed by atoms with Gasteiger partial charge >= 0.3 is 5.97 Å². The van der Waals surface area contributed by atoms with Crippen LogP contribution in [0.2, 0.25) is 0 Å². The average molecular weight is 500 g/mol. The zero-order valence-corrected chi connectivity index (χ0v) is 20.7. The minimum atomic E-state index is -0.351. The van der Waals surface area contributed by atoms with Crippen LogP contribution in [0, 0.1) is 5.92 Å². The number of pyridine rings is 1. The molecule has 8 nitrogen and oxygen atoms in total. The number of aromatic amines is 1. The molecule has 8 heteroatoms. The molecule has 1 fully saturated rings. The number of ether oxygens (including phenoxy) is 3. The second kappa shape index (κ2) is 11.2. The molecule has 1 aliphatic rings. The first kappa shape index (κ1) is 24.4. The number of hydrogen-bond acceptors (Lipinski definition) is 6. The standard InChI is InChI=1S/C29H29N3O5/c1-35-29(34)22-6-2-19(3-7-22)20-8-10-24(11-9-20)36-14-15-37-25-16-26-23(17-31-27(26)32-18-25)12-13-30-28(33)21-4-5-21/h2-3,6-11,16-18,21H,4-5,12-15H2,1H3,(H,30,33)(H,31,32). The molecule has 2 aromatic heterocycles. The van der Waals surface area contributed by atoms with E-state index in [1.54, 1.807) is 18.3 Å². The molecule has 1 saturated carbocycles. The van der Waals surface area contributed by atoms with Gasteiger partial charge in [0.25, 0.3) is 0 Å². The van der Waals surface area contributed by atoms with Crippen LogP contribution in [-0.2, 0) is 16.0 Å². The van der Waals surface area contributed by atoms with E-state index in [0.29, 0.717) is 31.1 Å². The fourth-order valence-electron chi connectivity index (χ4n) is 4.11. The molecule has 0 spiro atoms. The highest BCUT2D eigenvalue weighted by atomic mass is 16.5. The van der Waals surface area contributed by atoms with Gasteiger partial charge in [0, 0.05) is 24.0 Å². The summed E-state index contributed by atoms with van der Waals surface area (Å²) >= 11 is 0. The van der Waals surface area contributed by atoms with Gasteiger partial charge in [-0.3, -0.25) is 4.79 Å². The van der Waals surface area contributed by atoms with Crippen molar-refractivity contribution in [2.45, 2.75) is 19.3 Å². The molecule has 1 amide bonds. The summed E-state index contributed by atoms with van der Waals surface area (Å²) in [5.41, 5.74) is 4.44. The van der Waals surface area contributed by atoms with E-state index in [1.807, 2.05) is 48.7 Å². The second-order valence-electron chi connectivity index (χ2n) is 8.99. The van der Waals surface area contributed by atoms with E-state index in [2.05, 4.69) is 15.3 Å². The number of carbonyl (C=O) groups is 2. The Balaban J connectivity index is 1.10. The molecule has 0 aliphatic heterocycles. The average Bonchev–Trinajstić information content (AvgIpc) is 3.72. The number of methoxy groups -OCH3 is 1. The number of nitrogens with zero attached hydrogens (tertiary/aromatic N) is 1. The number of hydrogen-bond donors (Lipinski definition) is 2. The molecule has 0 bridgehead atoms. The Labute approximate surface area is 215 Å². The Morgan fingerprint density at radius 1 is 0.973 bits per heavy atom. The van der Waals surface area contributed by atoms with Crippen molar-refractivity contribution in [1.29, 1.82) is 0 Å². The summed E-state index contributed by atoms with van der Waals surface area (Å²) in [5, 5.41) is 4.00. The Hall–Kier alpha value is -4.33. The second-order valence-corrected chi connectivity index (χ2v) is 8.99. The Kier molecular flexibility index (Phi) is 7.35. The number of benzene rings is 2. The zero-order valence-electron chi connectivity index (χ0n) is 20.7. The SMILES string of the molecule is COC(=O)c1ccc(-c2ccc(OCCOc3cnc4[nH]cc(CCNC(=O)C5CC5)c4c3)cc2)cc1. The topological polar surface area (TPSA) is 103 Å². The van der Waals surface area contributed by atoms with Gasteiger partial charge in [0.15, 0.2) is 0 Å². The molecule has 2 aromatic carbocycles. The van der Waals surface area contributed by atoms with Crippen LogP contribution in [-0.4, -0.2) is 48.7 Å². The molecule has 1 aliphatic carbocycles. The molecule has 2 N–H and O–H groups in total. The summed E-state index contributed by atoms with van der Waals surface area (Å²) < 4.78 is 16.4. The number of H-pyrrole nitrogens is 1. The van der Waals surface area contributed by atoms with Crippen molar-refractivity contribution in [1.82, 2.24) is 15.3 Å². The lowest BCUT2D eigenvalue weighted by molar-refractivity contribution is -0.122. The maximum absolute atomic E-state index is 11.8. The molecule has 0 unspecified atom stereocenters. The smallest absolute Gasteiger partial charge is 0.337 e. The van der Waals surface area contributed by atoms with Crippen molar-refractivity contribution < 1.29 is 23.8 Å². The lowest BCUT2D eigenvalue weighted by Gasteiger charge is -2.10. The number of aromatic nitrogens is 2. The Morgan fingerprint density at radius 2 is 1.65 bits per heavy atom. The van der Waals surface area contributed by atoms with E-state index < -0.39 is 0 Å². The Bertz CT molecular complexity index is 1380. The first-order valence-corrected chi connectivity index (χ1v) is 12.4. The van der Waals surface area contributed by atoms with E-state index in [0.717, 1.165) is 52.7 Å². The minimum Gasteiger partial charge on any atom is -0.490 e. The van der Waals surface area contributed by atoms with E-state index in [-0.39, 0.29) is 17.8 Å². The molecule has 4 aromatic rings. The number of esters is 1. The van der Waals surface area contributed by atoms with Gasteiger partial charge in [-0.05, 0) is 66.3 Å². The molecule has 0 radical (unpaired) electrons. The third-order valence-corrected chi connectivity index (χ3v) is 6.35. The van der Waals surface area contributed by atoms with Crippen LogP contribution >= 0.6 is 0 Å². The number of fused-ring (bicyclic) bond motifs is 1. The predicted octanol–water partition coefficient (Wildman–Crippen LogP) is 4.54. The van der Waals surface area contributed by atoms with Crippen LogP contribution in [0.3, 0.4) is 0 Å². The first-order valence-electron chi connectivity index (χ1n) is 12.4. The number of carbonyl (C=O) groups excluding carboxylic acids is 2. The maximum atomic E-state index is 11.8. The fourth-order valence-corrected chi connectivity index (χ4v) is 4.11. The van der Waals surface area contributed by atoms with Crippen molar-refractivity contribution in [3.63, 3.8) is 0 Å². The van der Waals surface area contributed by atoms with E-state index in [9.17, 15) is 9.59 Å². The summed E-state index contributed by atoms with van der Waals surface area (Å²) in [6.07, 6.45) is 6.38. The molecule has 0 saturated heterocycles. The molecule has 37 heavy (non-hydrogen) atoms. The van der Waals surface area contributed by atoms with Crippen LogP contribution in [0.25, 0.3) is 22.2 Å². The van der Waals surface area contributed by atoms with Gasteiger partial charge in [-0.15, -0.1) is 0 Å². The van der Waals surface area contributed by atoms with Gasteiger partial charge < -0.3 is 24.5 Å². The molecule has 2 heterocycles. The highest BCUT2D eigenvalue weighted by Crippen LogP contribution is 2.29. The largest absolute Gasteiger partial charge is 0.490 e. The van der Waals surface area contributed by atoms with Gasteiger partial charge in [0.1, 0.15) is 30.4 Å². The lowest BCUT2D eigenvalue weighted by Crippen LogP contribution is -2.26. The van der Waals surface area contributed by atoms with Gasteiger partial charge in [-0.25, -0.2) is 9.78 Å². The summed E-state index contributed by atoms with van der Waals surface area (Å²) in [6, 6.07) is 17.0. The van der Waals surface area contributed by atoms with E-state index >= 15 is 0 Å². The van der Waals surface area contributed by atoms with Crippen molar-refractivity contribution >= 4 is 22.9 Å². The summed E-state index contributed by atoms with van der Waals surface area (Å²) in [6.45, 7) is 1.37.